The Morgan fingerprint density at radius 1 is 1.17 bits per heavy atom. The van der Waals surface area contributed by atoms with E-state index in [4.69, 9.17) is 4.74 Å². The lowest BCUT2D eigenvalue weighted by atomic mass is 9.82. The zero-order chi connectivity index (χ0) is 25.8. The molecule has 1 spiro atoms. The van der Waals surface area contributed by atoms with Crippen LogP contribution in [0.3, 0.4) is 0 Å². The van der Waals surface area contributed by atoms with Gasteiger partial charge in [-0.15, -0.1) is 0 Å². The van der Waals surface area contributed by atoms with Crippen molar-refractivity contribution in [2.24, 2.45) is 5.92 Å². The normalized spacial score (nSPS) is 28.0. The van der Waals surface area contributed by atoms with Gasteiger partial charge >= 0.3 is 0 Å². The van der Waals surface area contributed by atoms with Gasteiger partial charge in [0.05, 0.1) is 18.3 Å². The van der Waals surface area contributed by atoms with Gasteiger partial charge in [-0.25, -0.2) is 0 Å². The van der Waals surface area contributed by atoms with E-state index in [1.165, 1.54) is 0 Å². The Hall–Kier alpha value is -2.04. The molecule has 0 unspecified atom stereocenters. The first-order valence-electron chi connectivity index (χ1n) is 12.6. The number of carbonyl (C=O) groups excluding carboxylic acids is 2. The molecule has 3 aliphatic heterocycles. The molecule has 0 saturated carbocycles. The van der Waals surface area contributed by atoms with Crippen LogP contribution in [0.15, 0.2) is 46.9 Å². The molecule has 0 bridgehead atoms. The summed E-state index contributed by atoms with van der Waals surface area (Å²) in [6.45, 7) is 6.81. The van der Waals surface area contributed by atoms with Crippen molar-refractivity contribution in [3.05, 3.63) is 58.1 Å². The Labute approximate surface area is 221 Å². The molecule has 0 aromatic heterocycles. The van der Waals surface area contributed by atoms with Crippen molar-refractivity contribution in [2.75, 3.05) is 23.0 Å². The predicted molar refractivity (Wildman–Crippen MR) is 144 cm³/mol. The van der Waals surface area contributed by atoms with Crippen LogP contribution in [0.4, 0.5) is 11.4 Å². The maximum absolute atomic E-state index is 14.3. The molecule has 2 saturated heterocycles. The van der Waals surface area contributed by atoms with Crippen LogP contribution in [-0.4, -0.2) is 49.3 Å². The summed E-state index contributed by atoms with van der Waals surface area (Å²) in [6, 6.07) is 13.6. The number of rotatable bonds is 6. The Balaban J connectivity index is 1.50. The van der Waals surface area contributed by atoms with E-state index in [0.29, 0.717) is 19.4 Å². The van der Waals surface area contributed by atoms with Gasteiger partial charge in [-0.3, -0.25) is 9.59 Å². The number of fused-ring (bicyclic) bond motifs is 2. The first kappa shape index (κ1) is 25.6. The number of carbonyl (C=O) groups is 2. The molecule has 0 aliphatic carbocycles. The molecule has 2 aromatic rings. The van der Waals surface area contributed by atoms with Crippen LogP contribution in [0.5, 0.6) is 0 Å². The molecule has 2 aromatic carbocycles. The highest BCUT2D eigenvalue weighted by molar-refractivity contribution is 9.10. The maximum Gasteiger partial charge on any atom is 0.264 e. The van der Waals surface area contributed by atoms with E-state index in [2.05, 4.69) is 15.9 Å². The molecule has 7 nitrogen and oxygen atoms in total. The van der Waals surface area contributed by atoms with Crippen molar-refractivity contribution in [1.29, 1.82) is 0 Å². The van der Waals surface area contributed by atoms with E-state index in [1.54, 1.807) is 4.90 Å². The SMILES string of the molecule is C[C@@H]1[C@@H]([Si](C)(C)O)[C@H](CCO)O[C@@]12C(=O)N(Cc1ccc(N3CCCC3=O)cc1)c1ccc(Br)cc12. The zero-order valence-electron chi connectivity index (χ0n) is 20.9. The number of halogens is 1. The number of benzene rings is 2. The smallest absolute Gasteiger partial charge is 0.264 e. The number of ether oxygens (including phenoxy) is 1. The summed E-state index contributed by atoms with van der Waals surface area (Å²) in [7, 11) is -2.72. The highest BCUT2D eigenvalue weighted by Crippen LogP contribution is 2.60. The lowest BCUT2D eigenvalue weighted by molar-refractivity contribution is -0.146. The van der Waals surface area contributed by atoms with Crippen molar-refractivity contribution in [3.8, 4) is 0 Å². The quantitative estimate of drug-likeness (QED) is 0.503. The molecular weight excluding hydrogens is 540 g/mol. The van der Waals surface area contributed by atoms with Crippen molar-refractivity contribution in [1.82, 2.24) is 0 Å². The van der Waals surface area contributed by atoms with E-state index in [-0.39, 0.29) is 29.9 Å². The highest BCUT2D eigenvalue weighted by Gasteiger charge is 2.66. The van der Waals surface area contributed by atoms with E-state index in [1.807, 2.05) is 67.4 Å². The van der Waals surface area contributed by atoms with Crippen LogP contribution in [0.2, 0.25) is 18.6 Å². The summed E-state index contributed by atoms with van der Waals surface area (Å²) in [5.41, 5.74) is 2.03. The largest absolute Gasteiger partial charge is 0.432 e. The van der Waals surface area contributed by atoms with Gasteiger partial charge in [0.1, 0.15) is 0 Å². The third-order valence-corrected chi connectivity index (χ3v) is 11.0. The van der Waals surface area contributed by atoms with Crippen LogP contribution < -0.4 is 9.80 Å². The Morgan fingerprint density at radius 3 is 2.50 bits per heavy atom. The number of hydrogen-bond acceptors (Lipinski definition) is 5. The lowest BCUT2D eigenvalue weighted by Gasteiger charge is -2.32. The molecule has 2 N–H and O–H groups in total. The van der Waals surface area contributed by atoms with Gasteiger partial charge in [0, 0.05) is 46.8 Å². The highest BCUT2D eigenvalue weighted by atomic mass is 79.9. The fourth-order valence-corrected chi connectivity index (χ4v) is 9.45. The average molecular weight is 574 g/mol. The minimum absolute atomic E-state index is 0.0659. The van der Waals surface area contributed by atoms with E-state index >= 15 is 0 Å². The van der Waals surface area contributed by atoms with Crippen LogP contribution in [-0.2, 0) is 26.5 Å². The van der Waals surface area contributed by atoms with Crippen molar-refractivity contribution in [3.63, 3.8) is 0 Å². The molecule has 36 heavy (non-hydrogen) atoms. The summed E-state index contributed by atoms with van der Waals surface area (Å²) in [5.74, 6) is -0.242. The third-order valence-electron chi connectivity index (χ3n) is 8.02. The second kappa shape index (κ2) is 9.36. The second-order valence-corrected chi connectivity index (χ2v) is 15.6. The lowest BCUT2D eigenvalue weighted by Crippen LogP contribution is -2.46. The number of nitrogens with zero attached hydrogens (tertiary/aromatic N) is 2. The number of anilines is 2. The first-order chi connectivity index (χ1) is 17.1. The van der Waals surface area contributed by atoms with E-state index in [0.717, 1.165) is 39.9 Å². The van der Waals surface area contributed by atoms with E-state index in [9.17, 15) is 19.5 Å². The number of aliphatic hydroxyl groups is 1. The summed E-state index contributed by atoms with van der Waals surface area (Å²) >= 11 is 3.57. The second-order valence-electron chi connectivity index (χ2n) is 10.7. The summed E-state index contributed by atoms with van der Waals surface area (Å²) < 4.78 is 7.48. The Bertz CT molecular complexity index is 1180. The van der Waals surface area contributed by atoms with Crippen molar-refractivity contribution < 1.29 is 24.2 Å². The minimum atomic E-state index is -2.72. The molecule has 0 radical (unpaired) electrons. The minimum Gasteiger partial charge on any atom is -0.432 e. The zero-order valence-corrected chi connectivity index (χ0v) is 23.5. The molecule has 2 amide bonds. The molecule has 2 fully saturated rings. The molecule has 4 atom stereocenters. The van der Waals surface area contributed by atoms with Crippen LogP contribution in [0, 0.1) is 5.92 Å². The fraction of sp³-hybridized carbons (Fsp3) is 0.481. The average Bonchev–Trinajstić information content (AvgIpc) is 3.44. The fourth-order valence-electron chi connectivity index (χ4n) is 6.49. The third kappa shape index (κ3) is 4.05. The van der Waals surface area contributed by atoms with Gasteiger partial charge in [0.15, 0.2) is 13.9 Å². The number of hydrogen-bond donors (Lipinski definition) is 2. The molecule has 192 valence electrons. The van der Waals surface area contributed by atoms with Gasteiger partial charge in [-0.2, -0.15) is 0 Å². The van der Waals surface area contributed by atoms with E-state index < -0.39 is 20.0 Å². The van der Waals surface area contributed by atoms with Gasteiger partial charge in [-0.1, -0.05) is 35.0 Å². The molecule has 3 aliphatic rings. The summed E-state index contributed by atoms with van der Waals surface area (Å²) in [5, 5.41) is 9.72. The molecular formula is C27H33BrN2O5Si. The summed E-state index contributed by atoms with van der Waals surface area (Å²) in [4.78, 5) is 41.1. The molecule has 3 heterocycles. The maximum atomic E-state index is 14.3. The number of aliphatic hydroxyl groups excluding tert-OH is 1. The van der Waals surface area contributed by atoms with Gasteiger partial charge in [-0.05, 0) is 61.8 Å². The van der Waals surface area contributed by atoms with Gasteiger partial charge in [0.2, 0.25) is 5.91 Å². The Kier molecular flexibility index (Phi) is 6.66. The topological polar surface area (TPSA) is 90.3 Å². The van der Waals surface area contributed by atoms with Gasteiger partial charge in [0.25, 0.3) is 5.91 Å². The predicted octanol–water partition coefficient (Wildman–Crippen LogP) is 4.30. The van der Waals surface area contributed by atoms with Crippen LogP contribution in [0.25, 0.3) is 0 Å². The van der Waals surface area contributed by atoms with Crippen LogP contribution in [0.1, 0.15) is 37.3 Å². The van der Waals surface area contributed by atoms with Crippen LogP contribution >= 0.6 is 15.9 Å². The Morgan fingerprint density at radius 2 is 1.89 bits per heavy atom. The first-order valence-corrected chi connectivity index (χ1v) is 16.4. The van der Waals surface area contributed by atoms with Crippen molar-refractivity contribution in [2.45, 2.75) is 63.1 Å². The summed E-state index contributed by atoms with van der Waals surface area (Å²) in [6.07, 6.45) is 1.44. The number of amides is 2. The molecule has 5 rings (SSSR count). The van der Waals surface area contributed by atoms with Gasteiger partial charge < -0.3 is 24.4 Å². The molecule has 9 heteroatoms. The standard InChI is InChI=1S/C27H33BrN2O5Si/c1-17-25(36(2,3)34)23(12-14-31)35-27(17)21-15-19(28)8-11-22(21)30(26(27)33)16-18-6-9-20(10-7-18)29-13-4-5-24(29)32/h6-11,15,17,23,25,31,34H,4-5,12-14,16H2,1-3H3/t17-,23+,25-,27+/m1/s1. The monoisotopic (exact) mass is 572 g/mol. The van der Waals surface area contributed by atoms with Crippen molar-refractivity contribution >= 4 is 47.4 Å².